The van der Waals surface area contributed by atoms with Crippen LogP contribution >= 0.6 is 11.6 Å². The molecule has 0 bridgehead atoms. The van der Waals surface area contributed by atoms with Crippen LogP contribution in [0.25, 0.3) is 0 Å². The third kappa shape index (κ3) is 1.71. The fourth-order valence-electron chi connectivity index (χ4n) is 2.47. The van der Waals surface area contributed by atoms with Crippen LogP contribution in [-0.2, 0) is 0 Å². The zero-order valence-electron chi connectivity index (χ0n) is 10.8. The summed E-state index contributed by atoms with van der Waals surface area (Å²) in [5, 5.41) is 19.9. The van der Waals surface area contributed by atoms with E-state index in [1.165, 1.54) is 19.2 Å². The van der Waals surface area contributed by atoms with Gasteiger partial charge in [0.25, 0.3) is 0 Å². The number of aromatic hydroxyl groups is 2. The first-order chi connectivity index (χ1) is 9.97. The van der Waals surface area contributed by atoms with Crippen molar-refractivity contribution >= 4 is 23.2 Å². The molecule has 1 aliphatic rings. The van der Waals surface area contributed by atoms with E-state index < -0.39 is 11.6 Å². The summed E-state index contributed by atoms with van der Waals surface area (Å²) >= 11 is 5.97. The second kappa shape index (κ2) is 4.49. The summed E-state index contributed by atoms with van der Waals surface area (Å²) in [6.07, 6.45) is 0. The molecule has 2 aromatic carbocycles. The molecule has 106 valence electrons. The Morgan fingerprint density at radius 1 is 0.905 bits per heavy atom. The summed E-state index contributed by atoms with van der Waals surface area (Å²) < 4.78 is 5.10. The van der Waals surface area contributed by atoms with Gasteiger partial charge in [-0.1, -0.05) is 11.6 Å². The van der Waals surface area contributed by atoms with Crippen molar-refractivity contribution in [1.29, 1.82) is 0 Å². The number of hydrogen-bond acceptors (Lipinski definition) is 5. The SMILES string of the molecule is COc1c(Cl)ccc2c1C(=O)c1c(O)ccc(O)c1C2=O. The number of fused-ring (bicyclic) bond motifs is 2. The highest BCUT2D eigenvalue weighted by Crippen LogP contribution is 2.42. The molecule has 1 aliphatic carbocycles. The maximum Gasteiger partial charge on any atom is 0.202 e. The fraction of sp³-hybridized carbons (Fsp3) is 0.0667. The van der Waals surface area contributed by atoms with Gasteiger partial charge in [0.15, 0.2) is 5.78 Å². The van der Waals surface area contributed by atoms with E-state index in [0.29, 0.717) is 0 Å². The van der Waals surface area contributed by atoms with Crippen LogP contribution in [0.1, 0.15) is 31.8 Å². The number of ketones is 2. The van der Waals surface area contributed by atoms with E-state index in [4.69, 9.17) is 16.3 Å². The molecular weight excluding hydrogens is 296 g/mol. The third-order valence-electron chi connectivity index (χ3n) is 3.40. The maximum atomic E-state index is 12.6. The molecule has 2 N–H and O–H groups in total. The Balaban J connectivity index is 2.42. The minimum atomic E-state index is -0.618. The Kier molecular flexibility index (Phi) is 2.88. The first-order valence-corrected chi connectivity index (χ1v) is 6.36. The molecule has 0 aliphatic heterocycles. The second-order valence-electron chi connectivity index (χ2n) is 4.52. The highest BCUT2D eigenvalue weighted by atomic mass is 35.5. The highest BCUT2D eigenvalue weighted by Gasteiger charge is 2.37. The standard InChI is InChI=1S/C15H9ClO5/c1-21-15-7(16)3-2-6-10(15)14(20)12-9(18)5-4-8(17)11(12)13(6)19/h2-5,17-18H,1H3. The highest BCUT2D eigenvalue weighted by molar-refractivity contribution is 6.36. The van der Waals surface area contributed by atoms with Crippen molar-refractivity contribution in [2.45, 2.75) is 0 Å². The summed E-state index contributed by atoms with van der Waals surface area (Å²) in [6, 6.07) is 5.15. The predicted molar refractivity (Wildman–Crippen MR) is 74.6 cm³/mol. The summed E-state index contributed by atoms with van der Waals surface area (Å²) in [5.41, 5.74) is -0.386. The van der Waals surface area contributed by atoms with Crippen LogP contribution < -0.4 is 4.74 Å². The minimum Gasteiger partial charge on any atom is -0.507 e. The molecule has 0 amide bonds. The number of benzene rings is 2. The molecule has 3 rings (SSSR count). The van der Waals surface area contributed by atoms with Crippen molar-refractivity contribution in [3.05, 3.63) is 51.5 Å². The minimum absolute atomic E-state index is 0.0107. The number of methoxy groups -OCH3 is 1. The van der Waals surface area contributed by atoms with Crippen molar-refractivity contribution in [1.82, 2.24) is 0 Å². The molecule has 0 atom stereocenters. The third-order valence-corrected chi connectivity index (χ3v) is 3.70. The van der Waals surface area contributed by atoms with Crippen LogP contribution in [0.4, 0.5) is 0 Å². The lowest BCUT2D eigenvalue weighted by Gasteiger charge is -2.21. The molecule has 0 unspecified atom stereocenters. The quantitative estimate of drug-likeness (QED) is 0.675. The number of ether oxygens (including phenoxy) is 1. The van der Waals surface area contributed by atoms with Crippen LogP contribution in [-0.4, -0.2) is 28.9 Å². The van der Waals surface area contributed by atoms with Crippen LogP contribution in [0.5, 0.6) is 17.2 Å². The molecule has 0 heterocycles. The topological polar surface area (TPSA) is 83.8 Å². The van der Waals surface area contributed by atoms with Gasteiger partial charge in [0.2, 0.25) is 5.78 Å². The van der Waals surface area contributed by atoms with E-state index in [1.54, 1.807) is 0 Å². The van der Waals surface area contributed by atoms with E-state index in [1.807, 2.05) is 0 Å². The molecule has 0 saturated heterocycles. The van der Waals surface area contributed by atoms with Crippen molar-refractivity contribution in [3.63, 3.8) is 0 Å². The Morgan fingerprint density at radius 3 is 2.05 bits per heavy atom. The number of rotatable bonds is 1. The van der Waals surface area contributed by atoms with Crippen molar-refractivity contribution in [3.8, 4) is 17.2 Å². The normalized spacial score (nSPS) is 12.9. The van der Waals surface area contributed by atoms with Gasteiger partial charge in [-0.05, 0) is 24.3 Å². The van der Waals surface area contributed by atoms with Gasteiger partial charge >= 0.3 is 0 Å². The first kappa shape index (κ1) is 13.5. The maximum absolute atomic E-state index is 12.6. The smallest absolute Gasteiger partial charge is 0.202 e. The van der Waals surface area contributed by atoms with Gasteiger partial charge < -0.3 is 14.9 Å². The average molecular weight is 305 g/mol. The largest absolute Gasteiger partial charge is 0.507 e. The Bertz CT molecular complexity index is 810. The van der Waals surface area contributed by atoms with Crippen molar-refractivity contribution < 1.29 is 24.5 Å². The lowest BCUT2D eigenvalue weighted by molar-refractivity contribution is 0.0971. The molecular formula is C15H9ClO5. The molecule has 0 saturated carbocycles. The molecule has 0 radical (unpaired) electrons. The summed E-state index contributed by atoms with van der Waals surface area (Å²) in [5.74, 6) is -1.86. The number of carbonyl (C=O) groups excluding carboxylic acids is 2. The van der Waals surface area contributed by atoms with Gasteiger partial charge in [-0.3, -0.25) is 9.59 Å². The van der Waals surface area contributed by atoms with Gasteiger partial charge in [0.1, 0.15) is 17.2 Å². The van der Waals surface area contributed by atoms with Gasteiger partial charge in [-0.2, -0.15) is 0 Å². The number of hydrogen-bond donors (Lipinski definition) is 2. The summed E-state index contributed by atoms with van der Waals surface area (Å²) in [4.78, 5) is 25.1. The molecule has 0 spiro atoms. The predicted octanol–water partition coefficient (Wildman–Crippen LogP) is 2.54. The van der Waals surface area contributed by atoms with E-state index in [0.717, 1.165) is 12.1 Å². The fourth-order valence-corrected chi connectivity index (χ4v) is 2.71. The zero-order chi connectivity index (χ0) is 15.3. The van der Waals surface area contributed by atoms with Gasteiger partial charge in [-0.15, -0.1) is 0 Å². The number of halogens is 1. The van der Waals surface area contributed by atoms with Gasteiger partial charge in [0.05, 0.1) is 28.8 Å². The van der Waals surface area contributed by atoms with E-state index in [2.05, 4.69) is 0 Å². The van der Waals surface area contributed by atoms with Crippen molar-refractivity contribution in [2.24, 2.45) is 0 Å². The number of carbonyl (C=O) groups is 2. The summed E-state index contributed by atoms with van der Waals surface area (Å²) in [6.45, 7) is 0. The van der Waals surface area contributed by atoms with E-state index in [9.17, 15) is 19.8 Å². The molecule has 0 fully saturated rings. The average Bonchev–Trinajstić information content (AvgIpc) is 2.46. The lowest BCUT2D eigenvalue weighted by atomic mass is 9.82. The lowest BCUT2D eigenvalue weighted by Crippen LogP contribution is -2.22. The molecule has 0 aromatic heterocycles. The Hall–Kier alpha value is -2.53. The van der Waals surface area contributed by atoms with E-state index >= 15 is 0 Å². The number of phenolic OH excluding ortho intramolecular Hbond substituents is 2. The molecule has 2 aromatic rings. The zero-order valence-corrected chi connectivity index (χ0v) is 11.6. The van der Waals surface area contributed by atoms with Gasteiger partial charge in [-0.25, -0.2) is 0 Å². The van der Waals surface area contributed by atoms with Crippen molar-refractivity contribution in [2.75, 3.05) is 7.11 Å². The Morgan fingerprint density at radius 2 is 1.48 bits per heavy atom. The monoisotopic (exact) mass is 304 g/mol. The van der Waals surface area contributed by atoms with Crippen LogP contribution in [0, 0.1) is 0 Å². The first-order valence-electron chi connectivity index (χ1n) is 5.98. The van der Waals surface area contributed by atoms with Gasteiger partial charge in [0, 0.05) is 5.56 Å². The molecule has 5 nitrogen and oxygen atoms in total. The molecule has 21 heavy (non-hydrogen) atoms. The second-order valence-corrected chi connectivity index (χ2v) is 4.92. The van der Waals surface area contributed by atoms with Crippen LogP contribution in [0.2, 0.25) is 5.02 Å². The summed E-state index contributed by atoms with van der Waals surface area (Å²) in [7, 11) is 1.33. The van der Waals surface area contributed by atoms with Crippen LogP contribution in [0.3, 0.4) is 0 Å². The molecule has 6 heteroatoms. The number of phenols is 2. The van der Waals surface area contributed by atoms with E-state index in [-0.39, 0.29) is 44.5 Å². The Labute approximate surface area is 124 Å². The van der Waals surface area contributed by atoms with Crippen LogP contribution in [0.15, 0.2) is 24.3 Å².